The van der Waals surface area contributed by atoms with E-state index in [1.807, 2.05) is 42.5 Å². The molecule has 2 aliphatic rings. The second kappa shape index (κ2) is 14.5. The molecule has 0 bridgehead atoms. The Morgan fingerprint density at radius 2 is 1.79 bits per heavy atom. The van der Waals surface area contributed by atoms with E-state index < -0.39 is 8.32 Å². The first kappa shape index (κ1) is 32.8. The molecule has 2 aliphatic carbocycles. The van der Waals surface area contributed by atoms with Crippen LogP contribution in [0.1, 0.15) is 89.3 Å². The quantitative estimate of drug-likeness (QED) is 0.135. The number of rotatable bonds is 14. The highest BCUT2D eigenvalue weighted by atomic mass is 28.4. The van der Waals surface area contributed by atoms with Crippen molar-refractivity contribution in [3.63, 3.8) is 0 Å². The van der Waals surface area contributed by atoms with E-state index in [9.17, 15) is 9.90 Å². The summed E-state index contributed by atoms with van der Waals surface area (Å²) in [6.45, 7) is 14.1. The molecule has 0 heterocycles. The number of carbonyl (C=O) groups excluding carboxylic acids is 1. The van der Waals surface area contributed by atoms with Crippen molar-refractivity contribution in [3.8, 4) is 5.75 Å². The van der Waals surface area contributed by atoms with Crippen LogP contribution < -0.4 is 4.74 Å². The zero-order valence-electron chi connectivity index (χ0n) is 26.9. The summed E-state index contributed by atoms with van der Waals surface area (Å²) in [5.74, 6) is 1.63. The van der Waals surface area contributed by atoms with E-state index >= 15 is 0 Å². The molecule has 2 aromatic carbocycles. The summed E-state index contributed by atoms with van der Waals surface area (Å²) in [7, 11) is -1.86. The Morgan fingerprint density at radius 3 is 2.50 bits per heavy atom. The highest BCUT2D eigenvalue weighted by molar-refractivity contribution is 6.74. The monoisotopic (exact) mass is 594 g/mol. The maximum Gasteiger partial charge on any atom is 0.344 e. The largest absolute Gasteiger partial charge is 0.482 e. The van der Waals surface area contributed by atoms with Crippen molar-refractivity contribution in [3.05, 3.63) is 65.2 Å². The molecule has 1 N–H and O–H groups in total. The van der Waals surface area contributed by atoms with Crippen LogP contribution in [0.3, 0.4) is 0 Å². The first-order chi connectivity index (χ1) is 20.0. The first-order valence-corrected chi connectivity index (χ1v) is 19.2. The summed E-state index contributed by atoms with van der Waals surface area (Å²) in [6, 6.07) is 15.9. The molecular formula is C36H54O5Si. The molecule has 0 unspecified atom stereocenters. The van der Waals surface area contributed by atoms with Gasteiger partial charge in [0.15, 0.2) is 14.9 Å². The van der Waals surface area contributed by atoms with Crippen molar-refractivity contribution < 1.29 is 23.8 Å². The van der Waals surface area contributed by atoms with Gasteiger partial charge in [0, 0.05) is 6.10 Å². The van der Waals surface area contributed by atoms with Crippen molar-refractivity contribution in [2.24, 2.45) is 17.8 Å². The smallest absolute Gasteiger partial charge is 0.344 e. The molecule has 0 aromatic heterocycles. The second-order valence-electron chi connectivity index (χ2n) is 14.2. The second-order valence-corrected chi connectivity index (χ2v) is 19.0. The fraction of sp³-hybridized carbons (Fsp3) is 0.639. The van der Waals surface area contributed by atoms with Crippen LogP contribution in [0.15, 0.2) is 48.5 Å². The number of aliphatic hydroxyl groups excluding tert-OH is 1. The molecule has 232 valence electrons. The molecule has 42 heavy (non-hydrogen) atoms. The van der Waals surface area contributed by atoms with Crippen molar-refractivity contribution in [2.75, 3.05) is 6.61 Å². The van der Waals surface area contributed by atoms with Gasteiger partial charge in [0.1, 0.15) is 12.4 Å². The first-order valence-electron chi connectivity index (χ1n) is 16.3. The van der Waals surface area contributed by atoms with E-state index in [2.05, 4.69) is 46.9 Å². The minimum absolute atomic E-state index is 0.101. The van der Waals surface area contributed by atoms with Gasteiger partial charge >= 0.3 is 5.97 Å². The van der Waals surface area contributed by atoms with Gasteiger partial charge in [-0.3, -0.25) is 0 Å². The third-order valence-electron chi connectivity index (χ3n) is 10.2. The number of fused-ring (bicyclic) bond motifs is 2. The van der Waals surface area contributed by atoms with Crippen molar-refractivity contribution in [1.82, 2.24) is 0 Å². The molecule has 0 amide bonds. The van der Waals surface area contributed by atoms with Gasteiger partial charge in [-0.1, -0.05) is 89.4 Å². The third-order valence-corrected chi connectivity index (χ3v) is 14.7. The lowest BCUT2D eigenvalue weighted by molar-refractivity contribution is -0.147. The number of esters is 1. The summed E-state index contributed by atoms with van der Waals surface area (Å²) in [5, 5.41) is 11.5. The lowest BCUT2D eigenvalue weighted by Crippen LogP contribution is -2.44. The van der Waals surface area contributed by atoms with E-state index in [4.69, 9.17) is 13.9 Å². The van der Waals surface area contributed by atoms with Crippen LogP contribution in [0, 0.1) is 17.8 Å². The van der Waals surface area contributed by atoms with Crippen LogP contribution in [0.2, 0.25) is 18.1 Å². The molecular weight excluding hydrogens is 540 g/mol. The number of unbranched alkanes of at least 4 members (excludes halogenated alkanes) is 2. The zero-order chi connectivity index (χ0) is 30.3. The number of carbonyl (C=O) groups is 1. The molecule has 4 rings (SSSR count). The van der Waals surface area contributed by atoms with Crippen molar-refractivity contribution >= 4 is 14.3 Å². The van der Waals surface area contributed by atoms with Gasteiger partial charge < -0.3 is 19.0 Å². The highest BCUT2D eigenvalue weighted by Crippen LogP contribution is 2.49. The van der Waals surface area contributed by atoms with Crippen LogP contribution in [0.5, 0.6) is 5.75 Å². The Bertz CT molecular complexity index is 1140. The van der Waals surface area contributed by atoms with E-state index in [0.717, 1.165) is 49.8 Å². The molecule has 0 aliphatic heterocycles. The van der Waals surface area contributed by atoms with E-state index in [-0.39, 0.29) is 36.4 Å². The Hall–Kier alpha value is -2.15. The van der Waals surface area contributed by atoms with Crippen LogP contribution in [-0.2, 0) is 33.4 Å². The Morgan fingerprint density at radius 1 is 1.02 bits per heavy atom. The molecule has 0 radical (unpaired) electrons. The third kappa shape index (κ3) is 8.48. The average Bonchev–Trinajstić information content (AvgIpc) is 3.25. The fourth-order valence-electron chi connectivity index (χ4n) is 6.71. The standard InChI is InChI=1S/C36H54O5Si/c1-7-8-10-17-29(41-42(5,6)36(2,3)4)19-20-30-31-21-27-16-13-18-34(32(27)22-28(31)23-33(30)37)39-25-35(38)40-24-26-14-11-9-12-15-26/h9,11-16,18,28-31,33,37H,7-8,10,17,19-25H2,1-6H3/t28-,29-,30+,31-,33+/m0/s1. The predicted octanol–water partition coefficient (Wildman–Crippen LogP) is 8.27. The summed E-state index contributed by atoms with van der Waals surface area (Å²) < 4.78 is 18.4. The minimum Gasteiger partial charge on any atom is -0.482 e. The van der Waals surface area contributed by atoms with E-state index in [1.54, 1.807) is 0 Å². The summed E-state index contributed by atoms with van der Waals surface area (Å²) in [6.07, 6.45) is 9.56. The van der Waals surface area contributed by atoms with Crippen molar-refractivity contribution in [2.45, 2.75) is 122 Å². The van der Waals surface area contributed by atoms with Crippen LogP contribution in [-0.4, -0.2) is 38.2 Å². The van der Waals surface area contributed by atoms with Crippen molar-refractivity contribution in [1.29, 1.82) is 0 Å². The fourth-order valence-corrected chi connectivity index (χ4v) is 8.13. The number of hydrogen-bond acceptors (Lipinski definition) is 5. The van der Waals surface area contributed by atoms with Gasteiger partial charge in [-0.15, -0.1) is 0 Å². The molecule has 5 atom stereocenters. The maximum atomic E-state index is 12.4. The molecule has 1 saturated carbocycles. The lowest BCUT2D eigenvalue weighted by atomic mass is 9.73. The summed E-state index contributed by atoms with van der Waals surface area (Å²) in [5.41, 5.74) is 3.45. The van der Waals surface area contributed by atoms with Gasteiger partial charge in [-0.05, 0) is 97.2 Å². The lowest BCUT2D eigenvalue weighted by Gasteiger charge is -2.40. The number of aliphatic hydroxyl groups is 1. The summed E-state index contributed by atoms with van der Waals surface area (Å²) in [4.78, 5) is 12.4. The number of hydrogen-bond donors (Lipinski definition) is 1. The Balaban J connectivity index is 1.36. The summed E-state index contributed by atoms with van der Waals surface area (Å²) >= 11 is 0. The van der Waals surface area contributed by atoms with E-state index in [1.165, 1.54) is 30.4 Å². The molecule has 5 nitrogen and oxygen atoms in total. The molecule has 2 aromatic rings. The average molecular weight is 595 g/mol. The molecule has 0 spiro atoms. The number of benzene rings is 2. The van der Waals surface area contributed by atoms with Gasteiger partial charge in [0.05, 0.1) is 6.10 Å². The SMILES string of the molecule is CCCCC[C@@H](CC[C@@H]1[C@H]2Cc3cccc(OCC(=O)OCc4ccccc4)c3C[C@H]2C[C@H]1O)O[Si](C)(C)C(C)(C)C. The minimum atomic E-state index is -1.86. The normalized spacial score (nSPS) is 22.7. The van der Waals surface area contributed by atoms with Gasteiger partial charge in [0.25, 0.3) is 0 Å². The van der Waals surface area contributed by atoms with Crippen LogP contribution >= 0.6 is 0 Å². The van der Waals surface area contributed by atoms with Gasteiger partial charge in [-0.2, -0.15) is 0 Å². The van der Waals surface area contributed by atoms with E-state index in [0.29, 0.717) is 17.8 Å². The van der Waals surface area contributed by atoms with Crippen LogP contribution in [0.25, 0.3) is 0 Å². The van der Waals surface area contributed by atoms with Crippen LogP contribution in [0.4, 0.5) is 0 Å². The Kier molecular flexibility index (Phi) is 11.3. The van der Waals surface area contributed by atoms with Gasteiger partial charge in [0.2, 0.25) is 0 Å². The maximum absolute atomic E-state index is 12.4. The predicted molar refractivity (Wildman–Crippen MR) is 172 cm³/mol. The van der Waals surface area contributed by atoms with Gasteiger partial charge in [-0.25, -0.2) is 4.79 Å². The number of ether oxygens (including phenoxy) is 2. The zero-order valence-corrected chi connectivity index (χ0v) is 27.9. The Labute approximate surface area is 255 Å². The highest BCUT2D eigenvalue weighted by Gasteiger charge is 2.45. The molecule has 0 saturated heterocycles. The topological polar surface area (TPSA) is 65.0 Å². The molecule has 1 fully saturated rings. The molecule has 6 heteroatoms.